The summed E-state index contributed by atoms with van der Waals surface area (Å²) in [5.41, 5.74) is 6.57. The number of H-pyrrole nitrogens is 1. The molecule has 2 unspecified atom stereocenters. The van der Waals surface area contributed by atoms with E-state index in [4.69, 9.17) is 21.3 Å². The van der Waals surface area contributed by atoms with Crippen LogP contribution in [0.4, 0.5) is 17.2 Å². The van der Waals surface area contributed by atoms with Crippen molar-refractivity contribution in [3.8, 4) is 11.9 Å². The molecular weight excluding hydrogens is 742 g/mol. The Morgan fingerprint density at radius 1 is 0.912 bits per heavy atom. The number of hydrogen-bond donors (Lipinski definition) is 2. The number of carbonyl (C=O) groups excluding carboxylic acids is 3. The van der Waals surface area contributed by atoms with Crippen LogP contribution in [0.25, 0.3) is 10.9 Å². The van der Waals surface area contributed by atoms with Crippen LogP contribution >= 0.6 is 11.6 Å². The molecule has 5 aliphatic heterocycles. The summed E-state index contributed by atoms with van der Waals surface area (Å²) >= 11 is 6.51. The number of amides is 3. The molecule has 296 valence electrons. The van der Waals surface area contributed by atoms with Gasteiger partial charge in [0.15, 0.2) is 0 Å². The Labute approximate surface area is 337 Å². The number of methoxy groups -OCH3 is 1. The zero-order valence-electron chi connectivity index (χ0n) is 32.3. The zero-order chi connectivity index (χ0) is 39.2. The second-order valence-electron chi connectivity index (χ2n) is 16.1. The molecule has 9 rings (SSSR count). The molecule has 3 amide bonds. The minimum absolute atomic E-state index is 0.216. The van der Waals surface area contributed by atoms with Crippen molar-refractivity contribution in [1.29, 1.82) is 5.26 Å². The van der Waals surface area contributed by atoms with E-state index in [0.717, 1.165) is 94.0 Å². The summed E-state index contributed by atoms with van der Waals surface area (Å²) < 4.78 is 5.60. The molecule has 2 aromatic heterocycles. The minimum atomic E-state index is -0.675. The van der Waals surface area contributed by atoms with Gasteiger partial charge in [-0.25, -0.2) is 0 Å². The van der Waals surface area contributed by atoms with Gasteiger partial charge in [0.25, 0.3) is 5.91 Å². The number of rotatable bonds is 8. The third-order valence-electron chi connectivity index (χ3n) is 12.9. The van der Waals surface area contributed by atoms with Gasteiger partial charge < -0.3 is 29.3 Å². The molecule has 57 heavy (non-hydrogen) atoms. The number of anilines is 3. The molecule has 0 saturated carbocycles. The van der Waals surface area contributed by atoms with E-state index in [9.17, 15) is 19.6 Å². The van der Waals surface area contributed by atoms with Crippen molar-refractivity contribution in [1.82, 2.24) is 25.1 Å². The largest absolute Gasteiger partial charge is 0.480 e. The number of carbonyl (C=O) groups is 3. The van der Waals surface area contributed by atoms with Crippen molar-refractivity contribution in [2.75, 3.05) is 80.7 Å². The molecule has 2 N–H and O–H groups in total. The molecule has 14 heteroatoms. The van der Waals surface area contributed by atoms with Crippen LogP contribution in [0.3, 0.4) is 0 Å². The summed E-state index contributed by atoms with van der Waals surface area (Å²) in [6, 6.07) is 16.8. The van der Waals surface area contributed by atoms with Crippen molar-refractivity contribution in [3.63, 3.8) is 0 Å². The maximum Gasteiger partial charge on any atom is 0.260 e. The van der Waals surface area contributed by atoms with E-state index in [1.165, 1.54) is 36.9 Å². The monoisotopic (exact) mass is 789 g/mol. The van der Waals surface area contributed by atoms with Gasteiger partial charge in [0.05, 0.1) is 23.2 Å². The molecule has 4 fully saturated rings. The van der Waals surface area contributed by atoms with Crippen molar-refractivity contribution in [3.05, 3.63) is 75.9 Å². The van der Waals surface area contributed by atoms with E-state index < -0.39 is 11.9 Å². The fourth-order valence-electron chi connectivity index (χ4n) is 9.75. The van der Waals surface area contributed by atoms with Crippen LogP contribution in [-0.2, 0) is 16.1 Å². The number of nitriles is 1. The Balaban J connectivity index is 0.760. The van der Waals surface area contributed by atoms with Gasteiger partial charge >= 0.3 is 0 Å². The predicted molar refractivity (Wildman–Crippen MR) is 219 cm³/mol. The fraction of sp³-hybridized carbons (Fsp3) is 0.465. The molecule has 2 aromatic carbocycles. The van der Waals surface area contributed by atoms with Crippen LogP contribution in [0.15, 0.2) is 48.7 Å². The van der Waals surface area contributed by atoms with Crippen molar-refractivity contribution >= 4 is 57.4 Å². The molecule has 5 aliphatic rings. The number of aromatic nitrogens is 2. The SMILES string of the molecule is COc1nc(N2CCN(CC3CCN(c4ccc(N5CCCC(c6ccc(Cl)c7c(C#N)c[nH]c67)C5)cc4)CC3)CC2)cc2c1C(=O)N(C1CCC(=O)NC1=O)C2. The number of halogens is 1. The number of piperidine rings is 3. The van der Waals surface area contributed by atoms with Crippen molar-refractivity contribution < 1.29 is 19.1 Å². The summed E-state index contributed by atoms with van der Waals surface area (Å²) in [4.78, 5) is 57.1. The van der Waals surface area contributed by atoms with Crippen LogP contribution in [0.5, 0.6) is 5.88 Å². The summed E-state index contributed by atoms with van der Waals surface area (Å²) in [6.45, 7) is 9.00. The molecule has 0 aliphatic carbocycles. The summed E-state index contributed by atoms with van der Waals surface area (Å²) in [5, 5.41) is 13.4. The number of piperazine rings is 1. The molecule has 13 nitrogen and oxygen atoms in total. The zero-order valence-corrected chi connectivity index (χ0v) is 33.1. The lowest BCUT2D eigenvalue weighted by atomic mass is 9.89. The molecular formula is C43H48ClN9O4. The highest BCUT2D eigenvalue weighted by atomic mass is 35.5. The van der Waals surface area contributed by atoms with Crippen LogP contribution in [0, 0.1) is 17.2 Å². The fourth-order valence-corrected chi connectivity index (χ4v) is 10.0. The Morgan fingerprint density at radius 2 is 1.67 bits per heavy atom. The van der Waals surface area contributed by atoms with Crippen LogP contribution in [-0.4, -0.2) is 110 Å². The molecule has 0 radical (unpaired) electrons. The number of imide groups is 1. The number of pyridine rings is 1. The third-order valence-corrected chi connectivity index (χ3v) is 13.2. The Morgan fingerprint density at radius 3 is 2.39 bits per heavy atom. The summed E-state index contributed by atoms with van der Waals surface area (Å²) in [5.74, 6) is 1.09. The standard InChI is InChI=1S/C43H48ClN9O4/c1-57-42-39-29(26-53(43(39)56)35-10-11-37(54)48-41(35)55)21-36(47-42)51-19-17-49(18-20-51)24-27-12-15-50(16-13-27)31-4-6-32(7-5-31)52-14-2-3-28(25-52)33-8-9-34(44)38-30(22-45)23-46-40(33)38/h4-9,21,23,27-28,35,46H,2-3,10-20,24-26H2,1H3,(H,48,54,55). The quantitative estimate of drug-likeness (QED) is 0.227. The van der Waals surface area contributed by atoms with Gasteiger partial charge in [0.1, 0.15) is 23.5 Å². The third kappa shape index (κ3) is 7.14. The lowest BCUT2D eigenvalue weighted by molar-refractivity contribution is -0.136. The first-order valence-electron chi connectivity index (χ1n) is 20.3. The molecule has 0 spiro atoms. The molecule has 0 bridgehead atoms. The van der Waals surface area contributed by atoms with Crippen molar-refractivity contribution in [2.45, 2.75) is 57.0 Å². The van der Waals surface area contributed by atoms with Crippen LogP contribution in [0.2, 0.25) is 5.02 Å². The first-order chi connectivity index (χ1) is 27.8. The van der Waals surface area contributed by atoms with Crippen molar-refractivity contribution in [2.24, 2.45) is 5.92 Å². The second kappa shape index (κ2) is 15.6. The highest BCUT2D eigenvalue weighted by Crippen LogP contribution is 2.39. The topological polar surface area (TPSA) is 141 Å². The maximum atomic E-state index is 13.4. The minimum Gasteiger partial charge on any atom is -0.480 e. The normalized spacial score (nSPS) is 22.2. The highest BCUT2D eigenvalue weighted by Gasteiger charge is 2.41. The average molecular weight is 790 g/mol. The lowest BCUT2D eigenvalue weighted by Crippen LogP contribution is -2.52. The Hall–Kier alpha value is -5.32. The Bertz CT molecular complexity index is 2240. The summed E-state index contributed by atoms with van der Waals surface area (Å²) in [6.07, 6.45) is 6.85. The average Bonchev–Trinajstić information content (AvgIpc) is 3.83. The van der Waals surface area contributed by atoms with E-state index in [-0.39, 0.29) is 24.1 Å². The number of fused-ring (bicyclic) bond motifs is 2. The maximum absolute atomic E-state index is 13.4. The summed E-state index contributed by atoms with van der Waals surface area (Å²) in [7, 11) is 1.52. The lowest BCUT2D eigenvalue weighted by Gasteiger charge is -2.40. The van der Waals surface area contributed by atoms with Gasteiger partial charge in [0.2, 0.25) is 17.7 Å². The van der Waals surface area contributed by atoms with Crippen LogP contribution < -0.4 is 24.8 Å². The molecule has 4 aromatic rings. The second-order valence-corrected chi connectivity index (χ2v) is 16.6. The number of nitrogens with zero attached hydrogens (tertiary/aromatic N) is 7. The van der Waals surface area contributed by atoms with Gasteiger partial charge in [-0.3, -0.25) is 24.6 Å². The van der Waals surface area contributed by atoms with Crippen LogP contribution in [0.1, 0.15) is 71.5 Å². The van der Waals surface area contributed by atoms with E-state index in [1.807, 2.05) is 12.1 Å². The smallest absolute Gasteiger partial charge is 0.260 e. The number of benzene rings is 2. The van der Waals surface area contributed by atoms with Gasteiger partial charge in [-0.05, 0) is 85.5 Å². The number of ether oxygens (including phenoxy) is 1. The number of hydrogen-bond acceptors (Lipinski definition) is 10. The predicted octanol–water partition coefficient (Wildman–Crippen LogP) is 5.28. The number of aromatic amines is 1. The van der Waals surface area contributed by atoms with Gasteiger partial charge in [-0.2, -0.15) is 10.2 Å². The highest BCUT2D eigenvalue weighted by molar-refractivity contribution is 6.36. The van der Waals surface area contributed by atoms with E-state index >= 15 is 0 Å². The van der Waals surface area contributed by atoms with Gasteiger partial charge in [-0.15, -0.1) is 0 Å². The van der Waals surface area contributed by atoms with Gasteiger partial charge in [0, 0.05) is 101 Å². The number of nitrogens with one attached hydrogen (secondary N) is 2. The molecule has 2 atom stereocenters. The first-order valence-corrected chi connectivity index (χ1v) is 20.6. The van der Waals surface area contributed by atoms with E-state index in [1.54, 1.807) is 11.1 Å². The van der Waals surface area contributed by atoms with E-state index in [2.05, 4.69) is 66.3 Å². The Kier molecular flexibility index (Phi) is 10.2. The van der Waals surface area contributed by atoms with E-state index in [0.29, 0.717) is 41.0 Å². The van der Waals surface area contributed by atoms with Gasteiger partial charge in [-0.1, -0.05) is 17.7 Å². The molecule has 4 saturated heterocycles. The molecule has 7 heterocycles. The first kappa shape index (κ1) is 37.3.